The third kappa shape index (κ3) is 3.01. The van der Waals surface area contributed by atoms with E-state index in [-0.39, 0.29) is 11.2 Å². The molecule has 0 aliphatic heterocycles. The number of halogens is 1. The molecule has 0 aromatic heterocycles. The standard InChI is InChI=1S/C18H27F/c1-11(2)15-9-14(19)10-16(12(3)13-7-8-13)17(15)18(4,5)6/h9-13H,7-8H2,1-6H3. The first-order chi connectivity index (χ1) is 8.71. The molecule has 19 heavy (non-hydrogen) atoms. The largest absolute Gasteiger partial charge is 0.207 e. The van der Waals surface area contributed by atoms with Crippen molar-refractivity contribution in [1.29, 1.82) is 0 Å². The highest BCUT2D eigenvalue weighted by molar-refractivity contribution is 5.44. The van der Waals surface area contributed by atoms with E-state index < -0.39 is 0 Å². The van der Waals surface area contributed by atoms with Crippen LogP contribution in [0.25, 0.3) is 0 Å². The molecule has 1 heteroatoms. The smallest absolute Gasteiger partial charge is 0.123 e. The summed E-state index contributed by atoms with van der Waals surface area (Å²) in [6.07, 6.45) is 2.61. The number of rotatable bonds is 3. The quantitative estimate of drug-likeness (QED) is 0.649. The first-order valence-electron chi connectivity index (χ1n) is 7.55. The minimum atomic E-state index is -0.0702. The Balaban J connectivity index is 2.62. The minimum absolute atomic E-state index is 0.0702. The maximum Gasteiger partial charge on any atom is 0.123 e. The van der Waals surface area contributed by atoms with Crippen LogP contribution in [0.2, 0.25) is 0 Å². The third-order valence-corrected chi connectivity index (χ3v) is 4.36. The fraction of sp³-hybridized carbons (Fsp3) is 0.667. The summed E-state index contributed by atoms with van der Waals surface area (Å²) in [5.41, 5.74) is 3.89. The van der Waals surface area contributed by atoms with Gasteiger partial charge in [-0.3, -0.25) is 0 Å². The highest BCUT2D eigenvalue weighted by atomic mass is 19.1. The van der Waals surface area contributed by atoms with Crippen molar-refractivity contribution in [1.82, 2.24) is 0 Å². The first kappa shape index (κ1) is 14.6. The topological polar surface area (TPSA) is 0 Å². The van der Waals surface area contributed by atoms with Gasteiger partial charge in [-0.1, -0.05) is 41.5 Å². The molecule has 106 valence electrons. The molecule has 1 unspecified atom stereocenters. The van der Waals surface area contributed by atoms with Crippen LogP contribution in [0.1, 0.15) is 82.9 Å². The van der Waals surface area contributed by atoms with Gasteiger partial charge in [-0.25, -0.2) is 4.39 Å². The summed E-state index contributed by atoms with van der Waals surface area (Å²) in [7, 11) is 0. The zero-order valence-electron chi connectivity index (χ0n) is 13.2. The van der Waals surface area contributed by atoms with Gasteiger partial charge in [0.2, 0.25) is 0 Å². The van der Waals surface area contributed by atoms with Gasteiger partial charge in [-0.2, -0.15) is 0 Å². The lowest BCUT2D eigenvalue weighted by Crippen LogP contribution is -2.20. The second kappa shape index (κ2) is 4.92. The van der Waals surface area contributed by atoms with E-state index in [1.807, 2.05) is 0 Å². The van der Waals surface area contributed by atoms with E-state index in [4.69, 9.17) is 0 Å². The fourth-order valence-corrected chi connectivity index (χ4v) is 3.18. The lowest BCUT2D eigenvalue weighted by Gasteiger charge is -2.30. The molecule has 0 saturated heterocycles. The SMILES string of the molecule is CC(C)c1cc(F)cc(C(C)C2CC2)c1C(C)(C)C. The average molecular weight is 262 g/mol. The van der Waals surface area contributed by atoms with E-state index in [1.54, 1.807) is 12.1 Å². The molecule has 1 fully saturated rings. The fourth-order valence-electron chi connectivity index (χ4n) is 3.18. The average Bonchev–Trinajstić information content (AvgIpc) is 3.08. The number of benzene rings is 1. The van der Waals surface area contributed by atoms with Crippen molar-refractivity contribution in [3.8, 4) is 0 Å². The summed E-state index contributed by atoms with van der Waals surface area (Å²) in [4.78, 5) is 0. The van der Waals surface area contributed by atoms with Crippen LogP contribution in [-0.2, 0) is 5.41 Å². The van der Waals surface area contributed by atoms with Gasteiger partial charge in [0.25, 0.3) is 0 Å². The molecular weight excluding hydrogens is 235 g/mol. The molecular formula is C18H27F. The molecule has 0 N–H and O–H groups in total. The summed E-state index contributed by atoms with van der Waals surface area (Å²) < 4.78 is 14.0. The highest BCUT2D eigenvalue weighted by Gasteiger charge is 2.34. The Kier molecular flexibility index (Phi) is 3.77. The van der Waals surface area contributed by atoms with E-state index in [0.717, 1.165) is 5.92 Å². The molecule has 1 saturated carbocycles. The van der Waals surface area contributed by atoms with Crippen molar-refractivity contribution < 1.29 is 4.39 Å². The Labute approximate surface area is 117 Å². The Morgan fingerprint density at radius 3 is 2.00 bits per heavy atom. The molecule has 0 bridgehead atoms. The van der Waals surface area contributed by atoms with Crippen LogP contribution in [0, 0.1) is 11.7 Å². The van der Waals surface area contributed by atoms with E-state index >= 15 is 0 Å². The summed E-state index contributed by atoms with van der Waals surface area (Å²) in [6, 6.07) is 3.53. The lowest BCUT2D eigenvalue weighted by atomic mass is 9.74. The number of hydrogen-bond acceptors (Lipinski definition) is 0. The monoisotopic (exact) mass is 262 g/mol. The third-order valence-electron chi connectivity index (χ3n) is 4.36. The summed E-state index contributed by atoms with van der Waals surface area (Å²) in [5.74, 6) is 1.56. The number of hydrogen-bond donors (Lipinski definition) is 0. The molecule has 2 rings (SSSR count). The van der Waals surface area contributed by atoms with E-state index in [1.165, 1.54) is 29.5 Å². The van der Waals surface area contributed by atoms with Gasteiger partial charge < -0.3 is 0 Å². The maximum atomic E-state index is 14.0. The summed E-state index contributed by atoms with van der Waals surface area (Å²) in [5, 5.41) is 0. The second-order valence-electron chi connectivity index (χ2n) is 7.49. The maximum absolute atomic E-state index is 14.0. The molecule has 0 radical (unpaired) electrons. The predicted octanol–water partition coefficient (Wildman–Crippen LogP) is 5.76. The molecule has 1 aromatic carbocycles. The predicted molar refractivity (Wildman–Crippen MR) is 80.3 cm³/mol. The molecule has 1 atom stereocenters. The summed E-state index contributed by atoms with van der Waals surface area (Å²) >= 11 is 0. The van der Waals surface area contributed by atoms with E-state index in [0.29, 0.717) is 11.8 Å². The van der Waals surface area contributed by atoms with Crippen LogP contribution >= 0.6 is 0 Å². The van der Waals surface area contributed by atoms with Gasteiger partial charge in [0.15, 0.2) is 0 Å². The van der Waals surface area contributed by atoms with Crippen LogP contribution in [0.5, 0.6) is 0 Å². The lowest BCUT2D eigenvalue weighted by molar-refractivity contribution is 0.538. The molecule has 1 aliphatic rings. The zero-order chi connectivity index (χ0) is 14.4. The van der Waals surface area contributed by atoms with Gasteiger partial charge in [-0.15, -0.1) is 0 Å². The Hall–Kier alpha value is -0.850. The van der Waals surface area contributed by atoms with Gasteiger partial charge in [-0.05, 0) is 64.8 Å². The zero-order valence-corrected chi connectivity index (χ0v) is 13.2. The summed E-state index contributed by atoms with van der Waals surface area (Å²) in [6.45, 7) is 13.3. The van der Waals surface area contributed by atoms with Crippen molar-refractivity contribution >= 4 is 0 Å². The van der Waals surface area contributed by atoms with E-state index in [2.05, 4.69) is 41.5 Å². The molecule has 0 spiro atoms. The van der Waals surface area contributed by atoms with Crippen molar-refractivity contribution in [2.45, 2.75) is 71.6 Å². The van der Waals surface area contributed by atoms with Gasteiger partial charge in [0.1, 0.15) is 5.82 Å². The molecule has 0 amide bonds. The Morgan fingerprint density at radius 2 is 1.58 bits per heavy atom. The van der Waals surface area contributed by atoms with Gasteiger partial charge in [0, 0.05) is 0 Å². The van der Waals surface area contributed by atoms with Crippen LogP contribution in [0.15, 0.2) is 12.1 Å². The first-order valence-corrected chi connectivity index (χ1v) is 7.55. The van der Waals surface area contributed by atoms with Gasteiger partial charge in [0.05, 0.1) is 0 Å². The molecule has 0 nitrogen and oxygen atoms in total. The van der Waals surface area contributed by atoms with Gasteiger partial charge >= 0.3 is 0 Å². The Bertz CT molecular complexity index is 461. The second-order valence-corrected chi connectivity index (χ2v) is 7.49. The van der Waals surface area contributed by atoms with Crippen molar-refractivity contribution in [3.05, 3.63) is 34.6 Å². The van der Waals surface area contributed by atoms with Crippen molar-refractivity contribution in [3.63, 3.8) is 0 Å². The van der Waals surface area contributed by atoms with E-state index in [9.17, 15) is 4.39 Å². The van der Waals surface area contributed by atoms with Crippen molar-refractivity contribution in [2.24, 2.45) is 5.92 Å². The normalized spacial score (nSPS) is 17.9. The molecule has 0 heterocycles. The Morgan fingerprint density at radius 1 is 1.05 bits per heavy atom. The van der Waals surface area contributed by atoms with Crippen molar-refractivity contribution in [2.75, 3.05) is 0 Å². The molecule has 1 aromatic rings. The molecule has 1 aliphatic carbocycles. The minimum Gasteiger partial charge on any atom is -0.207 e. The van der Waals surface area contributed by atoms with Crippen LogP contribution in [0.4, 0.5) is 4.39 Å². The highest BCUT2D eigenvalue weighted by Crippen LogP contribution is 2.46. The van der Waals surface area contributed by atoms with Crippen LogP contribution in [0.3, 0.4) is 0 Å². The van der Waals surface area contributed by atoms with Crippen LogP contribution < -0.4 is 0 Å². The van der Waals surface area contributed by atoms with Crippen LogP contribution in [-0.4, -0.2) is 0 Å².